The van der Waals surface area contributed by atoms with E-state index in [1.54, 1.807) is 6.92 Å². The van der Waals surface area contributed by atoms with Crippen LogP contribution in [-0.2, 0) is 6.42 Å². The molecule has 0 amide bonds. The number of aryl methyl sites for hydroxylation is 1. The summed E-state index contributed by atoms with van der Waals surface area (Å²) in [4.78, 5) is 0. The van der Waals surface area contributed by atoms with Gasteiger partial charge in [0.15, 0.2) is 0 Å². The third-order valence-corrected chi connectivity index (χ3v) is 1.22. The van der Waals surface area contributed by atoms with E-state index in [4.69, 9.17) is 4.42 Å². The molecule has 0 radical (unpaired) electrons. The molecule has 1 atom stereocenters. The van der Waals surface area contributed by atoms with Crippen LogP contribution in [0.25, 0.3) is 0 Å². The van der Waals surface area contributed by atoms with E-state index in [9.17, 15) is 0 Å². The summed E-state index contributed by atoms with van der Waals surface area (Å²) in [5, 5.41) is 7.79. The molecule has 1 heterocycles. The third-order valence-electron chi connectivity index (χ3n) is 1.04. The highest BCUT2D eigenvalue weighted by Gasteiger charge is 2.04. The van der Waals surface area contributed by atoms with Crippen LogP contribution in [-0.4, -0.2) is 15.4 Å². The van der Waals surface area contributed by atoms with Crippen molar-refractivity contribution in [1.29, 1.82) is 0 Å². The molecular formula is C6H10N2OS. The Kier molecular flexibility index (Phi) is 2.32. The summed E-state index contributed by atoms with van der Waals surface area (Å²) in [5.41, 5.74) is 0. The van der Waals surface area contributed by atoms with Gasteiger partial charge in [-0.2, -0.15) is 12.6 Å². The lowest BCUT2D eigenvalue weighted by Gasteiger charge is -1.95. The molecular weight excluding hydrogens is 148 g/mol. The highest BCUT2D eigenvalue weighted by atomic mass is 32.1. The van der Waals surface area contributed by atoms with Crippen LogP contribution in [0.5, 0.6) is 0 Å². The van der Waals surface area contributed by atoms with E-state index in [0.717, 1.165) is 6.42 Å². The van der Waals surface area contributed by atoms with Crippen LogP contribution in [0.3, 0.4) is 0 Å². The van der Waals surface area contributed by atoms with Gasteiger partial charge in [0.25, 0.3) is 0 Å². The minimum atomic E-state index is 0.278. The lowest BCUT2D eigenvalue weighted by molar-refractivity contribution is 0.467. The summed E-state index contributed by atoms with van der Waals surface area (Å²) < 4.78 is 5.12. The smallest absolute Gasteiger partial charge is 0.217 e. The molecule has 0 saturated heterocycles. The molecule has 0 aliphatic heterocycles. The Bertz CT molecular complexity index is 209. The quantitative estimate of drug-likeness (QED) is 0.658. The highest BCUT2D eigenvalue weighted by Crippen LogP contribution is 2.04. The molecule has 0 N–H and O–H groups in total. The topological polar surface area (TPSA) is 38.9 Å². The molecule has 0 fully saturated rings. The molecule has 1 aromatic rings. The van der Waals surface area contributed by atoms with E-state index in [2.05, 4.69) is 22.8 Å². The number of hydrogen-bond donors (Lipinski definition) is 1. The number of aromatic nitrogens is 2. The first-order valence-corrected chi connectivity index (χ1v) is 3.67. The Morgan fingerprint density at radius 3 is 2.70 bits per heavy atom. The molecule has 1 aromatic heterocycles. The second-order valence-electron chi connectivity index (χ2n) is 2.27. The fourth-order valence-electron chi connectivity index (χ4n) is 0.673. The van der Waals surface area contributed by atoms with Crippen LogP contribution in [0.1, 0.15) is 18.7 Å². The minimum absolute atomic E-state index is 0.278. The van der Waals surface area contributed by atoms with Crippen molar-refractivity contribution < 1.29 is 4.42 Å². The first-order valence-electron chi connectivity index (χ1n) is 3.15. The van der Waals surface area contributed by atoms with Gasteiger partial charge in [0.2, 0.25) is 11.8 Å². The summed E-state index contributed by atoms with van der Waals surface area (Å²) in [6, 6.07) is 0. The molecule has 0 spiro atoms. The Morgan fingerprint density at radius 2 is 2.30 bits per heavy atom. The van der Waals surface area contributed by atoms with Crippen LogP contribution in [0.15, 0.2) is 4.42 Å². The van der Waals surface area contributed by atoms with Crippen molar-refractivity contribution in [3.8, 4) is 0 Å². The number of hydrogen-bond acceptors (Lipinski definition) is 4. The van der Waals surface area contributed by atoms with Crippen LogP contribution in [0.4, 0.5) is 0 Å². The molecule has 0 aliphatic rings. The lowest BCUT2D eigenvalue weighted by atomic mass is 10.3. The van der Waals surface area contributed by atoms with E-state index in [1.807, 2.05) is 6.92 Å². The Balaban J connectivity index is 2.58. The van der Waals surface area contributed by atoms with Crippen LogP contribution >= 0.6 is 12.6 Å². The summed E-state index contributed by atoms with van der Waals surface area (Å²) in [6.07, 6.45) is 0.740. The zero-order valence-corrected chi connectivity index (χ0v) is 6.93. The fraction of sp³-hybridized carbons (Fsp3) is 0.667. The molecule has 1 unspecified atom stereocenters. The first kappa shape index (κ1) is 7.60. The van der Waals surface area contributed by atoms with Crippen LogP contribution in [0, 0.1) is 6.92 Å². The van der Waals surface area contributed by atoms with Crippen molar-refractivity contribution in [3.05, 3.63) is 11.8 Å². The van der Waals surface area contributed by atoms with E-state index < -0.39 is 0 Å². The molecule has 56 valence electrons. The average Bonchev–Trinajstić information content (AvgIpc) is 2.13. The average molecular weight is 158 g/mol. The molecule has 0 bridgehead atoms. The molecule has 0 aromatic carbocycles. The fourth-order valence-corrected chi connectivity index (χ4v) is 0.829. The highest BCUT2D eigenvalue weighted by molar-refractivity contribution is 7.80. The standard InChI is InChI=1S/C6H10N2OS/c1-4(10)3-6-8-7-5(2)9-6/h4,10H,3H2,1-2H3. The summed E-state index contributed by atoms with van der Waals surface area (Å²) in [6.45, 7) is 3.77. The molecule has 4 heteroatoms. The third kappa shape index (κ3) is 2.02. The lowest BCUT2D eigenvalue weighted by Crippen LogP contribution is -1.96. The maximum atomic E-state index is 5.12. The van der Waals surface area contributed by atoms with Gasteiger partial charge in [-0.25, -0.2) is 0 Å². The predicted octanol–water partition coefficient (Wildman–Crippen LogP) is 1.24. The maximum Gasteiger partial charge on any atom is 0.217 e. The van der Waals surface area contributed by atoms with Gasteiger partial charge < -0.3 is 4.42 Å². The summed E-state index contributed by atoms with van der Waals surface area (Å²) >= 11 is 4.19. The van der Waals surface area contributed by atoms with E-state index in [1.165, 1.54) is 0 Å². The second-order valence-corrected chi connectivity index (χ2v) is 3.15. The molecule has 1 rings (SSSR count). The second kappa shape index (κ2) is 3.05. The van der Waals surface area contributed by atoms with Crippen molar-refractivity contribution in [2.75, 3.05) is 0 Å². The zero-order valence-electron chi connectivity index (χ0n) is 6.03. The van der Waals surface area contributed by atoms with Gasteiger partial charge in [-0.05, 0) is 0 Å². The zero-order chi connectivity index (χ0) is 7.56. The maximum absolute atomic E-state index is 5.12. The van der Waals surface area contributed by atoms with Crippen molar-refractivity contribution in [2.24, 2.45) is 0 Å². The van der Waals surface area contributed by atoms with Crippen molar-refractivity contribution in [3.63, 3.8) is 0 Å². The van der Waals surface area contributed by atoms with Gasteiger partial charge in [0, 0.05) is 18.6 Å². The first-order chi connectivity index (χ1) is 4.68. The Morgan fingerprint density at radius 1 is 1.60 bits per heavy atom. The Hall–Kier alpha value is -0.510. The molecule has 3 nitrogen and oxygen atoms in total. The molecule has 0 aliphatic carbocycles. The van der Waals surface area contributed by atoms with Crippen LogP contribution < -0.4 is 0 Å². The normalized spacial score (nSPS) is 13.5. The van der Waals surface area contributed by atoms with Gasteiger partial charge in [-0.1, -0.05) is 6.92 Å². The van der Waals surface area contributed by atoms with Crippen molar-refractivity contribution in [2.45, 2.75) is 25.5 Å². The Labute approximate surface area is 65.2 Å². The van der Waals surface area contributed by atoms with E-state index >= 15 is 0 Å². The summed E-state index contributed by atoms with van der Waals surface area (Å²) in [7, 11) is 0. The van der Waals surface area contributed by atoms with Gasteiger partial charge >= 0.3 is 0 Å². The SMILES string of the molecule is Cc1nnc(CC(C)S)o1. The van der Waals surface area contributed by atoms with Gasteiger partial charge in [-0.15, -0.1) is 10.2 Å². The van der Waals surface area contributed by atoms with Crippen molar-refractivity contribution in [1.82, 2.24) is 10.2 Å². The van der Waals surface area contributed by atoms with Crippen molar-refractivity contribution >= 4 is 12.6 Å². The van der Waals surface area contributed by atoms with Gasteiger partial charge in [-0.3, -0.25) is 0 Å². The number of thiol groups is 1. The minimum Gasteiger partial charge on any atom is -0.426 e. The van der Waals surface area contributed by atoms with Gasteiger partial charge in [0.05, 0.1) is 0 Å². The predicted molar refractivity (Wildman–Crippen MR) is 41.2 cm³/mol. The van der Waals surface area contributed by atoms with Crippen LogP contribution in [0.2, 0.25) is 0 Å². The monoisotopic (exact) mass is 158 g/mol. The largest absolute Gasteiger partial charge is 0.426 e. The van der Waals surface area contributed by atoms with Gasteiger partial charge in [0.1, 0.15) is 0 Å². The van der Waals surface area contributed by atoms with E-state index in [0.29, 0.717) is 11.8 Å². The van der Waals surface area contributed by atoms with E-state index in [-0.39, 0.29) is 5.25 Å². The summed E-state index contributed by atoms with van der Waals surface area (Å²) in [5.74, 6) is 1.28. The molecule has 10 heavy (non-hydrogen) atoms. The molecule has 0 saturated carbocycles. The number of nitrogens with zero attached hydrogens (tertiary/aromatic N) is 2. The number of rotatable bonds is 2.